The van der Waals surface area contributed by atoms with Crippen LogP contribution in [0.3, 0.4) is 0 Å². The highest BCUT2D eigenvalue weighted by atomic mass is 79.9. The minimum absolute atomic E-state index is 0.0114. The predicted octanol–water partition coefficient (Wildman–Crippen LogP) is 16.0. The van der Waals surface area contributed by atoms with Crippen molar-refractivity contribution in [3.8, 4) is 23.0 Å². The van der Waals surface area contributed by atoms with Gasteiger partial charge in [0, 0.05) is 149 Å². The number of methoxy groups -OCH3 is 4. The van der Waals surface area contributed by atoms with Gasteiger partial charge >= 0.3 is 0 Å². The van der Waals surface area contributed by atoms with Gasteiger partial charge in [-0.05, 0) is 241 Å². The van der Waals surface area contributed by atoms with Crippen LogP contribution in [0.4, 0.5) is 35.2 Å². The van der Waals surface area contributed by atoms with Crippen LogP contribution in [0.5, 0.6) is 23.0 Å². The number of rotatable bonds is 24. The summed E-state index contributed by atoms with van der Waals surface area (Å²) in [5.41, 5.74) is 6.87. The Kier molecular flexibility index (Phi) is 29.2. The number of anilines is 6. The van der Waals surface area contributed by atoms with E-state index < -0.39 is 0 Å². The zero-order chi connectivity index (χ0) is 92.2. The fourth-order valence-corrected chi connectivity index (χ4v) is 22.9. The number of ether oxygens (including phenoxy) is 7. The average molecular weight is 2030 g/mol. The highest BCUT2D eigenvalue weighted by molar-refractivity contribution is 9.11. The van der Waals surface area contributed by atoms with Crippen LogP contribution in [0.2, 0.25) is 5.02 Å². The third-order valence-corrected chi connectivity index (χ3v) is 29.9. The smallest absolute Gasteiger partial charge is 0.281 e. The van der Waals surface area contributed by atoms with E-state index in [1.54, 1.807) is 43.1 Å². The van der Waals surface area contributed by atoms with Crippen LogP contribution in [0.25, 0.3) is 0 Å². The summed E-state index contributed by atoms with van der Waals surface area (Å²) in [5, 5.41) is 7.91. The fourth-order valence-electron chi connectivity index (χ4n) is 20.8. The number of imidazole rings is 4. The Morgan fingerprint density at radius 2 is 0.789 bits per heavy atom. The van der Waals surface area contributed by atoms with Gasteiger partial charge in [-0.15, -0.1) is 0 Å². The van der Waals surface area contributed by atoms with Gasteiger partial charge in [-0.25, -0.2) is 9.97 Å². The lowest BCUT2D eigenvalue weighted by atomic mass is 9.96. The second-order valence-electron chi connectivity index (χ2n) is 35.8. The highest BCUT2D eigenvalue weighted by Crippen LogP contribution is 2.49. The van der Waals surface area contributed by atoms with Gasteiger partial charge in [0.25, 0.3) is 23.6 Å². The quantitative estimate of drug-likeness (QED) is 0.0568. The third kappa shape index (κ3) is 19.0. The number of aromatic nitrogens is 8. The summed E-state index contributed by atoms with van der Waals surface area (Å²) in [6, 6.07) is 25.0. The van der Waals surface area contributed by atoms with Gasteiger partial charge in [0.2, 0.25) is 29.8 Å². The summed E-state index contributed by atoms with van der Waals surface area (Å²) in [4.78, 5) is 105. The Labute approximate surface area is 807 Å². The van der Waals surface area contributed by atoms with Crippen LogP contribution in [0.1, 0.15) is 206 Å². The molecule has 21 rings (SSSR count). The first-order chi connectivity index (χ1) is 64.9. The summed E-state index contributed by atoms with van der Waals surface area (Å²) in [7, 11) is 6.59. The number of nitrogens with one attached hydrogen (secondary N) is 2. The van der Waals surface area contributed by atoms with Crippen molar-refractivity contribution in [2.24, 2.45) is 32.7 Å². The second-order valence-corrected chi connectivity index (χ2v) is 38.8. The molecule has 11 aliphatic heterocycles. The SMILES string of the molecule is CCN1C(=O)c2c(nc(CC3CCOCC3)n2Cc2ccc(OC)c(Br)c2)N2CCCN=C12.CCN1C(=O)c2c(nc(CC3CCOCC3)n2Cc2ccc(OC)c(Cl)c2)N2CCCN=C12.CCN1C(=O)c2c(nc(NC3CCCCC3)n2Cc2ccc(OC)c(Br)c2)N2C1=C[C@@H]1CCC[C@@H]12.CCN1C(=O)c2c(nc(NC3CCOCC3)n2Cc2ccc(OC)c(Br)c2)N2CCN=C12. The molecular weight excluding hydrogens is 1910 g/mol. The first-order valence-electron chi connectivity index (χ1n) is 47.6. The predicted molar refractivity (Wildman–Crippen MR) is 525 cm³/mol. The fraction of sp³-hybridized carbons (Fsp3) is 0.536. The molecule has 4 amide bonds. The van der Waals surface area contributed by atoms with Crippen molar-refractivity contribution >= 4 is 136 Å². The highest BCUT2D eigenvalue weighted by Gasteiger charge is 2.50. The monoisotopic (exact) mass is 2030 g/mol. The molecule has 133 heavy (non-hydrogen) atoms. The van der Waals surface area contributed by atoms with E-state index >= 15 is 0 Å². The van der Waals surface area contributed by atoms with Crippen LogP contribution in [-0.4, -0.2) is 251 Å². The van der Waals surface area contributed by atoms with Gasteiger partial charge in [0.05, 0.1) is 66.5 Å². The first kappa shape index (κ1) is 93.4. The molecule has 8 aromatic rings. The molecule has 0 radical (unpaired) electrons. The van der Waals surface area contributed by atoms with Crippen molar-refractivity contribution < 1.29 is 52.3 Å². The molecule has 0 bridgehead atoms. The molecule has 5 fully saturated rings. The molecule has 2 aliphatic carbocycles. The summed E-state index contributed by atoms with van der Waals surface area (Å²) >= 11 is 17.2. The number of amides is 4. The van der Waals surface area contributed by atoms with Crippen molar-refractivity contribution in [1.29, 1.82) is 0 Å². The standard InChI is InChI=1S/C27H34BrN5O2.C24H30BrN5O3.C24H30ClN5O3.C22H27BrN6O3/c1-3-31-23-15-18-8-7-11-21(18)33(23)25-24(26(31)34)32(16-17-12-13-22(35-2)20(28)14-17)27(30-25)29-19-9-5-4-6-10-19;2*1-3-28-23(31)21-22(29-10-4-9-26-24(28)29)27-20(14-16-7-11-33-12-8-16)30(21)15-17-5-6-19(32-2)18(25)13-17;1-3-27-20(30)18-19(28-9-8-24-22(27)28)26-21(25-15-6-10-32-11-7-15)29(18)13-14-4-5-17(31-2)16(23)12-14/h12-15,18-19,21H,3-11,16H2,1-2H3,(H,29,30);2*5-6,13,16H,3-4,7-12,14-15H2,1-2H3;4-5,12,15H,3,6-11,13H2,1-2H3,(H,25,26)/t18-,21-;;;/m0.../s1. The maximum absolute atomic E-state index is 13.9. The lowest BCUT2D eigenvalue weighted by Crippen LogP contribution is -2.54. The van der Waals surface area contributed by atoms with Crippen molar-refractivity contribution in [2.45, 2.75) is 188 Å². The van der Waals surface area contributed by atoms with Crippen molar-refractivity contribution in [3.63, 3.8) is 0 Å². The van der Waals surface area contributed by atoms with E-state index in [2.05, 4.69) is 138 Å². The molecule has 0 unspecified atom stereocenters. The molecule has 2 N–H and O–H groups in total. The summed E-state index contributed by atoms with van der Waals surface area (Å²) in [6.45, 7) is 21.8. The molecule has 4 aromatic heterocycles. The van der Waals surface area contributed by atoms with E-state index in [0.717, 1.165) is 262 Å². The number of carbonyl (C=O) groups is 4. The number of fused-ring (bicyclic) bond motifs is 14. The summed E-state index contributed by atoms with van der Waals surface area (Å²) in [6.07, 6.45) is 21.5. The zero-order valence-electron chi connectivity index (χ0n) is 77.3. The molecule has 13 aliphatic rings. The Bertz CT molecular complexity index is 5590. The number of carbonyl (C=O) groups excluding carboxylic acids is 4. The van der Waals surface area contributed by atoms with E-state index in [9.17, 15) is 19.2 Å². The Morgan fingerprint density at radius 3 is 1.23 bits per heavy atom. The van der Waals surface area contributed by atoms with Crippen LogP contribution >= 0.6 is 59.4 Å². The summed E-state index contributed by atoms with van der Waals surface area (Å²) in [5.74, 6) is 14.2. The Hall–Kier alpha value is -10.0. The lowest BCUT2D eigenvalue weighted by Gasteiger charge is -2.38. The Balaban J connectivity index is 0.000000119. The minimum atomic E-state index is -0.0560. The normalized spacial score (nSPS) is 20.0. The largest absolute Gasteiger partial charge is 0.496 e. The molecular formula is C97H121Br3ClN21O11. The minimum Gasteiger partial charge on any atom is -0.496 e. The third-order valence-electron chi connectivity index (χ3n) is 27.7. The maximum atomic E-state index is 13.9. The number of hydrogen-bond acceptors (Lipinski definition) is 24. The topological polar surface area (TPSA) is 291 Å². The van der Waals surface area contributed by atoms with E-state index in [1.807, 2.05) is 84.8 Å². The summed E-state index contributed by atoms with van der Waals surface area (Å²) < 4.78 is 49.2. The van der Waals surface area contributed by atoms with Gasteiger partial charge in [-0.2, -0.15) is 9.97 Å². The lowest BCUT2D eigenvalue weighted by molar-refractivity contribution is 0.0656. The van der Waals surface area contributed by atoms with E-state index in [4.69, 9.17) is 64.7 Å². The number of benzene rings is 4. The first-order valence-corrected chi connectivity index (χ1v) is 50.4. The van der Waals surface area contributed by atoms with Crippen LogP contribution in [0, 0.1) is 17.8 Å². The van der Waals surface area contributed by atoms with Gasteiger partial charge in [0.1, 0.15) is 40.5 Å². The molecule has 2 atom stereocenters. The maximum Gasteiger partial charge on any atom is 0.281 e. The van der Waals surface area contributed by atoms with Gasteiger partial charge in [-0.1, -0.05) is 61.5 Å². The molecule has 32 nitrogen and oxygen atoms in total. The number of hydrogen-bond donors (Lipinski definition) is 2. The van der Waals surface area contributed by atoms with Crippen LogP contribution in [-0.2, 0) is 53.2 Å². The molecule has 4 aromatic carbocycles. The second kappa shape index (κ2) is 41.7. The van der Waals surface area contributed by atoms with Crippen LogP contribution in [0.15, 0.2) is 113 Å². The molecule has 708 valence electrons. The number of halogens is 4. The van der Waals surface area contributed by atoms with E-state index in [1.165, 1.54) is 32.1 Å². The van der Waals surface area contributed by atoms with Crippen LogP contribution < -0.4 is 49.2 Å². The molecule has 0 spiro atoms. The number of nitrogens with zero attached hydrogens (tertiary/aromatic N) is 19. The van der Waals surface area contributed by atoms with Crippen molar-refractivity contribution in [2.75, 3.05) is 164 Å². The Morgan fingerprint density at radius 1 is 0.406 bits per heavy atom. The average Bonchev–Trinajstić information content (AvgIpc) is 1.56. The zero-order valence-corrected chi connectivity index (χ0v) is 82.9. The molecule has 15 heterocycles. The van der Waals surface area contributed by atoms with E-state index in [-0.39, 0.29) is 29.7 Å². The van der Waals surface area contributed by atoms with Crippen molar-refractivity contribution in [1.82, 2.24) is 57.8 Å². The van der Waals surface area contributed by atoms with E-state index in [0.29, 0.717) is 140 Å². The number of guanidine groups is 3. The van der Waals surface area contributed by atoms with Gasteiger partial charge < -0.3 is 57.8 Å². The molecule has 3 saturated heterocycles. The molecule has 36 heteroatoms. The van der Waals surface area contributed by atoms with Gasteiger partial charge in [0.15, 0.2) is 46.0 Å². The number of aliphatic imine (C=N–C) groups is 3. The van der Waals surface area contributed by atoms with Crippen molar-refractivity contribution in [3.05, 3.63) is 160 Å². The molecule has 2 saturated carbocycles. The van der Waals surface area contributed by atoms with Gasteiger partial charge in [-0.3, -0.25) is 77.6 Å².